The lowest BCUT2D eigenvalue weighted by atomic mass is 10.1. The number of anilines is 2. The van der Waals surface area contributed by atoms with Crippen LogP contribution in [0.5, 0.6) is 0 Å². The average Bonchev–Trinajstić information content (AvgIpc) is 2.97. The molecule has 23 heavy (non-hydrogen) atoms. The van der Waals surface area contributed by atoms with Gasteiger partial charge in [0, 0.05) is 30.3 Å². The Kier molecular flexibility index (Phi) is 5.25. The van der Waals surface area contributed by atoms with E-state index in [1.54, 1.807) is 12.1 Å². The second kappa shape index (κ2) is 7.04. The Morgan fingerprint density at radius 1 is 1.17 bits per heavy atom. The third-order valence-electron chi connectivity index (χ3n) is 3.64. The first-order valence-corrected chi connectivity index (χ1v) is 11.4. The number of halogens is 1. The van der Waals surface area contributed by atoms with Crippen LogP contribution >= 0.6 is 39.0 Å². The number of rotatable bonds is 4. The van der Waals surface area contributed by atoms with E-state index in [-0.39, 0.29) is 0 Å². The van der Waals surface area contributed by atoms with E-state index >= 15 is 0 Å². The third kappa shape index (κ3) is 4.04. The highest BCUT2D eigenvalue weighted by Gasteiger charge is 2.18. The summed E-state index contributed by atoms with van der Waals surface area (Å²) in [6.07, 6.45) is 0. The highest BCUT2D eigenvalue weighted by Crippen LogP contribution is 2.30. The zero-order valence-electron chi connectivity index (χ0n) is 12.6. The van der Waals surface area contributed by atoms with Gasteiger partial charge in [0.2, 0.25) is 0 Å². The molecular formula is C15H17BrN2O2S3. The molecule has 0 atom stereocenters. The molecule has 4 nitrogen and oxygen atoms in total. The first-order valence-electron chi connectivity index (χ1n) is 7.17. The minimum Gasteiger partial charge on any atom is -0.370 e. The van der Waals surface area contributed by atoms with Crippen molar-refractivity contribution in [2.75, 3.05) is 34.2 Å². The maximum absolute atomic E-state index is 12.4. The van der Waals surface area contributed by atoms with Crippen molar-refractivity contribution in [3.05, 3.63) is 39.7 Å². The molecule has 8 heteroatoms. The molecule has 0 spiro atoms. The Morgan fingerprint density at radius 3 is 2.52 bits per heavy atom. The van der Waals surface area contributed by atoms with Gasteiger partial charge < -0.3 is 4.90 Å². The van der Waals surface area contributed by atoms with E-state index in [1.807, 2.05) is 30.8 Å². The van der Waals surface area contributed by atoms with Crippen molar-refractivity contribution < 1.29 is 8.42 Å². The molecule has 1 N–H and O–H groups in total. The van der Waals surface area contributed by atoms with Crippen molar-refractivity contribution in [1.82, 2.24) is 0 Å². The Hall–Kier alpha value is -0.700. The summed E-state index contributed by atoms with van der Waals surface area (Å²) in [6.45, 7) is 4.02. The number of hydrogen-bond acceptors (Lipinski definition) is 5. The lowest BCUT2D eigenvalue weighted by molar-refractivity contribution is 0.603. The minimum atomic E-state index is -3.53. The standard InChI is InChI=1S/C15H17BrN2O2S3/c1-11-10-12(18-6-8-21-9-7-18)2-3-13(11)17-23(19,20)15-5-4-14(16)22-15/h2-5,10,17H,6-9H2,1H3. The fraction of sp³-hybridized carbons (Fsp3) is 0.333. The van der Waals surface area contributed by atoms with E-state index in [1.165, 1.54) is 11.3 Å². The molecule has 1 aromatic heterocycles. The van der Waals surface area contributed by atoms with E-state index in [0.29, 0.717) is 9.90 Å². The molecule has 0 saturated carbocycles. The predicted octanol–water partition coefficient (Wildman–Crippen LogP) is 4.17. The van der Waals surface area contributed by atoms with Crippen LogP contribution in [0.15, 0.2) is 38.3 Å². The smallest absolute Gasteiger partial charge is 0.271 e. The highest BCUT2D eigenvalue weighted by atomic mass is 79.9. The van der Waals surface area contributed by atoms with Crippen molar-refractivity contribution in [2.45, 2.75) is 11.1 Å². The Labute approximate surface area is 153 Å². The van der Waals surface area contributed by atoms with Crippen LogP contribution in [0.2, 0.25) is 0 Å². The lowest BCUT2D eigenvalue weighted by Gasteiger charge is -2.29. The molecule has 1 fully saturated rings. The zero-order chi connectivity index (χ0) is 16.4. The summed E-state index contributed by atoms with van der Waals surface area (Å²) in [5.74, 6) is 2.28. The summed E-state index contributed by atoms with van der Waals surface area (Å²) in [4.78, 5) is 2.35. The van der Waals surface area contributed by atoms with Gasteiger partial charge in [-0.05, 0) is 58.7 Å². The average molecular weight is 433 g/mol. The van der Waals surface area contributed by atoms with Crippen molar-refractivity contribution in [3.63, 3.8) is 0 Å². The number of hydrogen-bond donors (Lipinski definition) is 1. The van der Waals surface area contributed by atoms with Crippen LogP contribution in [0.4, 0.5) is 11.4 Å². The van der Waals surface area contributed by atoms with Gasteiger partial charge in [0.05, 0.1) is 9.47 Å². The molecule has 2 heterocycles. The quantitative estimate of drug-likeness (QED) is 0.786. The minimum absolute atomic E-state index is 0.306. The third-order valence-corrected chi connectivity index (χ3v) is 8.07. The van der Waals surface area contributed by atoms with E-state index < -0.39 is 10.0 Å². The van der Waals surface area contributed by atoms with E-state index in [2.05, 4.69) is 31.6 Å². The monoisotopic (exact) mass is 432 g/mol. The number of thioether (sulfide) groups is 1. The molecule has 0 aliphatic carbocycles. The second-order valence-corrected chi connectivity index (χ2v) is 10.9. The normalized spacial score (nSPS) is 15.7. The van der Waals surface area contributed by atoms with Crippen LogP contribution in [0.3, 0.4) is 0 Å². The van der Waals surface area contributed by atoms with Crippen LogP contribution in [-0.2, 0) is 10.0 Å². The van der Waals surface area contributed by atoms with E-state index in [0.717, 1.165) is 39.6 Å². The Morgan fingerprint density at radius 2 is 1.91 bits per heavy atom. The molecule has 124 valence electrons. The van der Waals surface area contributed by atoms with Crippen molar-refractivity contribution in [1.29, 1.82) is 0 Å². The van der Waals surface area contributed by atoms with Crippen molar-refractivity contribution in [3.8, 4) is 0 Å². The molecule has 1 aliphatic heterocycles. The highest BCUT2D eigenvalue weighted by molar-refractivity contribution is 9.11. The van der Waals surface area contributed by atoms with Gasteiger partial charge in [-0.1, -0.05) is 0 Å². The molecule has 1 aromatic carbocycles. The molecule has 0 radical (unpaired) electrons. The summed E-state index contributed by atoms with van der Waals surface area (Å²) in [7, 11) is -3.53. The maximum atomic E-state index is 12.4. The summed E-state index contributed by atoms with van der Waals surface area (Å²) in [5.41, 5.74) is 2.72. The number of nitrogens with one attached hydrogen (secondary N) is 1. The van der Waals surface area contributed by atoms with E-state index in [4.69, 9.17) is 0 Å². The van der Waals surface area contributed by atoms with Gasteiger partial charge >= 0.3 is 0 Å². The predicted molar refractivity (Wildman–Crippen MR) is 104 cm³/mol. The van der Waals surface area contributed by atoms with Crippen LogP contribution in [0.25, 0.3) is 0 Å². The second-order valence-electron chi connectivity index (χ2n) is 5.26. The number of nitrogens with zero attached hydrogens (tertiary/aromatic N) is 1. The van der Waals surface area contributed by atoms with Gasteiger partial charge in [0.1, 0.15) is 4.21 Å². The summed E-state index contributed by atoms with van der Waals surface area (Å²) in [5, 5.41) is 0. The number of thiophene rings is 1. The zero-order valence-corrected chi connectivity index (χ0v) is 16.6. The first kappa shape index (κ1) is 17.1. The summed E-state index contributed by atoms with van der Waals surface area (Å²) in [6, 6.07) is 9.24. The lowest BCUT2D eigenvalue weighted by Crippen LogP contribution is -2.32. The molecule has 3 rings (SSSR count). The van der Waals surface area contributed by atoms with Gasteiger partial charge in [-0.2, -0.15) is 11.8 Å². The fourth-order valence-corrected chi connectivity index (χ4v) is 6.46. The molecule has 0 bridgehead atoms. The molecular weight excluding hydrogens is 416 g/mol. The van der Waals surface area contributed by atoms with Gasteiger partial charge in [-0.15, -0.1) is 11.3 Å². The van der Waals surface area contributed by atoms with Crippen molar-refractivity contribution >= 4 is 60.4 Å². The van der Waals surface area contributed by atoms with Crippen molar-refractivity contribution in [2.24, 2.45) is 0 Å². The van der Waals surface area contributed by atoms with Crippen LogP contribution in [0.1, 0.15) is 5.56 Å². The fourth-order valence-electron chi connectivity index (χ4n) is 2.42. The van der Waals surface area contributed by atoms with Crippen LogP contribution in [-0.4, -0.2) is 33.0 Å². The molecule has 1 saturated heterocycles. The number of aryl methyl sites for hydroxylation is 1. The van der Waals surface area contributed by atoms with Gasteiger partial charge in [-0.3, -0.25) is 4.72 Å². The van der Waals surface area contributed by atoms with Gasteiger partial charge in [-0.25, -0.2) is 8.42 Å². The maximum Gasteiger partial charge on any atom is 0.271 e. The summed E-state index contributed by atoms with van der Waals surface area (Å²) < 4.78 is 28.6. The molecule has 1 aliphatic rings. The molecule has 2 aromatic rings. The SMILES string of the molecule is Cc1cc(N2CCSCC2)ccc1NS(=O)(=O)c1ccc(Br)s1. The number of sulfonamides is 1. The largest absolute Gasteiger partial charge is 0.370 e. The van der Waals surface area contributed by atoms with E-state index in [9.17, 15) is 8.42 Å². The Bertz CT molecular complexity index is 799. The van der Waals surface area contributed by atoms with Gasteiger partial charge in [0.25, 0.3) is 10.0 Å². The molecule has 0 amide bonds. The van der Waals surface area contributed by atoms with Crippen LogP contribution in [0, 0.1) is 6.92 Å². The van der Waals surface area contributed by atoms with Gasteiger partial charge in [0.15, 0.2) is 0 Å². The topological polar surface area (TPSA) is 49.4 Å². The first-order chi connectivity index (χ1) is 11.0. The Balaban J connectivity index is 1.81. The summed E-state index contributed by atoms with van der Waals surface area (Å²) >= 11 is 6.47. The molecule has 0 unspecified atom stereocenters. The van der Waals surface area contributed by atoms with Crippen LogP contribution < -0.4 is 9.62 Å². The number of benzene rings is 1.